The highest BCUT2D eigenvalue weighted by atomic mass is 16.5. The normalized spacial score (nSPS) is 10.1. The summed E-state index contributed by atoms with van der Waals surface area (Å²) in [6.45, 7) is 3.86. The minimum atomic E-state index is 0.605. The number of rotatable bonds is 7. The van der Waals surface area contributed by atoms with Crippen molar-refractivity contribution < 1.29 is 4.74 Å². The van der Waals surface area contributed by atoms with E-state index in [-0.39, 0.29) is 0 Å². The summed E-state index contributed by atoms with van der Waals surface area (Å²) in [6.07, 6.45) is 3.79. The zero-order valence-corrected chi connectivity index (χ0v) is 8.83. The van der Waals surface area contributed by atoms with Crippen molar-refractivity contribution in [3.8, 4) is 5.75 Å². The molecule has 1 aromatic carbocycles. The fourth-order valence-electron chi connectivity index (χ4n) is 1.22. The largest absolute Gasteiger partial charge is 0.478 e. The Morgan fingerprint density at radius 1 is 1.14 bits per heavy atom. The highest BCUT2D eigenvalue weighted by Gasteiger charge is 1.90. The van der Waals surface area contributed by atoms with Gasteiger partial charge in [-0.15, -0.1) is 0 Å². The second-order valence-corrected chi connectivity index (χ2v) is 3.31. The highest BCUT2D eigenvalue weighted by molar-refractivity contribution is 5.20. The number of unbranched alkanes of at least 4 members (excludes halogenated alkanes) is 2. The summed E-state index contributed by atoms with van der Waals surface area (Å²) in [4.78, 5) is 0. The average Bonchev–Trinajstić information content (AvgIpc) is 2.25. The molecule has 1 aromatic rings. The van der Waals surface area contributed by atoms with Gasteiger partial charge in [0, 0.05) is 0 Å². The summed E-state index contributed by atoms with van der Waals surface area (Å²) in [6, 6.07) is 9.88. The summed E-state index contributed by atoms with van der Waals surface area (Å²) in [5, 5.41) is 3.25. The Hall–Kier alpha value is -1.02. The minimum Gasteiger partial charge on any atom is -0.478 e. The summed E-state index contributed by atoms with van der Waals surface area (Å²) in [7, 11) is 0. The van der Waals surface area contributed by atoms with Crippen LogP contribution in [0.4, 0.5) is 0 Å². The number of para-hydroxylation sites is 1. The molecular weight excluding hydrogens is 174 g/mol. The predicted octanol–water partition coefficient (Wildman–Crippen LogP) is 2.80. The molecule has 78 valence electrons. The summed E-state index contributed by atoms with van der Waals surface area (Å²) < 4.78 is 5.48. The second kappa shape index (κ2) is 7.39. The van der Waals surface area contributed by atoms with Crippen LogP contribution in [0.15, 0.2) is 30.3 Å². The van der Waals surface area contributed by atoms with Crippen molar-refractivity contribution in [2.45, 2.75) is 26.2 Å². The molecule has 0 atom stereocenters. The van der Waals surface area contributed by atoms with Crippen molar-refractivity contribution in [1.29, 1.82) is 0 Å². The smallest absolute Gasteiger partial charge is 0.139 e. The fourth-order valence-corrected chi connectivity index (χ4v) is 1.22. The van der Waals surface area contributed by atoms with E-state index in [0.29, 0.717) is 6.73 Å². The van der Waals surface area contributed by atoms with Crippen molar-refractivity contribution >= 4 is 0 Å². The van der Waals surface area contributed by atoms with Crippen LogP contribution in [0.5, 0.6) is 5.75 Å². The maximum atomic E-state index is 5.48. The number of hydrogen-bond donors (Lipinski definition) is 1. The van der Waals surface area contributed by atoms with Crippen LogP contribution in [0.1, 0.15) is 26.2 Å². The third kappa shape index (κ3) is 4.87. The van der Waals surface area contributed by atoms with Gasteiger partial charge in [0.25, 0.3) is 0 Å². The van der Waals surface area contributed by atoms with Crippen molar-refractivity contribution in [2.75, 3.05) is 13.3 Å². The van der Waals surface area contributed by atoms with Gasteiger partial charge in [-0.3, -0.25) is 5.32 Å². The molecular formula is C12H19NO. The Labute approximate surface area is 86.3 Å². The lowest BCUT2D eigenvalue weighted by Gasteiger charge is -2.06. The zero-order chi connectivity index (χ0) is 10.1. The van der Waals surface area contributed by atoms with Crippen molar-refractivity contribution in [1.82, 2.24) is 5.32 Å². The topological polar surface area (TPSA) is 21.3 Å². The Bertz CT molecular complexity index is 223. The predicted molar refractivity (Wildman–Crippen MR) is 59.5 cm³/mol. The summed E-state index contributed by atoms with van der Waals surface area (Å²) >= 11 is 0. The molecule has 0 saturated heterocycles. The zero-order valence-electron chi connectivity index (χ0n) is 8.83. The SMILES string of the molecule is CCCCCNCOc1ccccc1. The molecule has 14 heavy (non-hydrogen) atoms. The lowest BCUT2D eigenvalue weighted by Crippen LogP contribution is -2.21. The highest BCUT2D eigenvalue weighted by Crippen LogP contribution is 2.06. The van der Waals surface area contributed by atoms with Crippen molar-refractivity contribution in [3.63, 3.8) is 0 Å². The first-order chi connectivity index (χ1) is 6.93. The maximum Gasteiger partial charge on any atom is 0.139 e. The van der Waals surface area contributed by atoms with Gasteiger partial charge in [0.2, 0.25) is 0 Å². The number of nitrogens with one attached hydrogen (secondary N) is 1. The van der Waals surface area contributed by atoms with Crippen LogP contribution < -0.4 is 10.1 Å². The van der Waals surface area contributed by atoms with E-state index in [1.807, 2.05) is 30.3 Å². The molecule has 0 bridgehead atoms. The molecule has 0 aliphatic heterocycles. The van der Waals surface area contributed by atoms with Gasteiger partial charge in [0.15, 0.2) is 0 Å². The number of ether oxygens (including phenoxy) is 1. The molecule has 0 fully saturated rings. The van der Waals surface area contributed by atoms with Gasteiger partial charge in [0.1, 0.15) is 12.5 Å². The van der Waals surface area contributed by atoms with Crippen molar-refractivity contribution in [3.05, 3.63) is 30.3 Å². The van der Waals surface area contributed by atoms with E-state index in [4.69, 9.17) is 4.74 Å². The quantitative estimate of drug-likeness (QED) is 0.531. The Morgan fingerprint density at radius 3 is 2.64 bits per heavy atom. The van der Waals surface area contributed by atoms with E-state index in [2.05, 4.69) is 12.2 Å². The van der Waals surface area contributed by atoms with E-state index in [0.717, 1.165) is 12.3 Å². The van der Waals surface area contributed by atoms with E-state index in [1.54, 1.807) is 0 Å². The summed E-state index contributed by atoms with van der Waals surface area (Å²) in [5.41, 5.74) is 0. The Morgan fingerprint density at radius 2 is 1.93 bits per heavy atom. The lowest BCUT2D eigenvalue weighted by molar-refractivity contribution is 0.282. The molecule has 0 amide bonds. The second-order valence-electron chi connectivity index (χ2n) is 3.31. The van der Waals surface area contributed by atoms with Crippen molar-refractivity contribution in [2.24, 2.45) is 0 Å². The summed E-state index contributed by atoms with van der Waals surface area (Å²) in [5.74, 6) is 0.926. The van der Waals surface area contributed by atoms with Crippen LogP contribution >= 0.6 is 0 Å². The Kier molecular flexibility index (Phi) is 5.84. The first kappa shape index (κ1) is 11.1. The molecule has 0 heterocycles. The molecule has 0 unspecified atom stereocenters. The van der Waals surface area contributed by atoms with Crippen LogP contribution in [0.2, 0.25) is 0 Å². The van der Waals surface area contributed by atoms with Gasteiger partial charge in [0.05, 0.1) is 0 Å². The van der Waals surface area contributed by atoms with Crippen LogP contribution in [0.3, 0.4) is 0 Å². The molecule has 0 radical (unpaired) electrons. The Balaban J connectivity index is 1.99. The lowest BCUT2D eigenvalue weighted by atomic mass is 10.2. The van der Waals surface area contributed by atoms with Gasteiger partial charge in [-0.25, -0.2) is 0 Å². The van der Waals surface area contributed by atoms with E-state index in [9.17, 15) is 0 Å². The molecule has 0 aromatic heterocycles. The molecule has 2 heteroatoms. The van der Waals surface area contributed by atoms with E-state index in [1.165, 1.54) is 19.3 Å². The van der Waals surface area contributed by atoms with Crippen LogP contribution in [-0.4, -0.2) is 13.3 Å². The molecule has 0 aliphatic carbocycles. The third-order valence-electron chi connectivity index (χ3n) is 2.04. The maximum absolute atomic E-state index is 5.48. The molecule has 0 aliphatic rings. The fraction of sp³-hybridized carbons (Fsp3) is 0.500. The van der Waals surface area contributed by atoms with Gasteiger partial charge >= 0.3 is 0 Å². The first-order valence-corrected chi connectivity index (χ1v) is 5.32. The number of benzene rings is 1. The first-order valence-electron chi connectivity index (χ1n) is 5.32. The third-order valence-corrected chi connectivity index (χ3v) is 2.04. The van der Waals surface area contributed by atoms with Crippen LogP contribution in [0.25, 0.3) is 0 Å². The van der Waals surface area contributed by atoms with E-state index < -0.39 is 0 Å². The molecule has 1 rings (SSSR count). The van der Waals surface area contributed by atoms with Gasteiger partial charge in [-0.2, -0.15) is 0 Å². The monoisotopic (exact) mass is 193 g/mol. The van der Waals surface area contributed by atoms with Crippen LogP contribution in [-0.2, 0) is 0 Å². The number of hydrogen-bond acceptors (Lipinski definition) is 2. The molecule has 0 spiro atoms. The van der Waals surface area contributed by atoms with Crippen LogP contribution in [0, 0.1) is 0 Å². The average molecular weight is 193 g/mol. The molecule has 2 nitrogen and oxygen atoms in total. The van der Waals surface area contributed by atoms with Gasteiger partial charge in [-0.1, -0.05) is 38.0 Å². The standard InChI is InChI=1S/C12H19NO/c1-2-3-7-10-13-11-14-12-8-5-4-6-9-12/h4-6,8-9,13H,2-3,7,10-11H2,1H3. The molecule has 1 N–H and O–H groups in total. The molecule has 0 saturated carbocycles. The minimum absolute atomic E-state index is 0.605. The van der Waals surface area contributed by atoms with Gasteiger partial charge < -0.3 is 4.74 Å². The van der Waals surface area contributed by atoms with E-state index >= 15 is 0 Å². The van der Waals surface area contributed by atoms with Gasteiger partial charge in [-0.05, 0) is 25.1 Å².